The van der Waals surface area contributed by atoms with Crippen LogP contribution in [0.2, 0.25) is 0 Å². The Kier molecular flexibility index (Phi) is 10.6. The van der Waals surface area contributed by atoms with Crippen LogP contribution in [0.1, 0.15) is 58.6 Å². The number of para-hydroxylation sites is 1. The van der Waals surface area contributed by atoms with Crippen molar-refractivity contribution in [2.45, 2.75) is 38.3 Å². The van der Waals surface area contributed by atoms with Gasteiger partial charge >= 0.3 is 5.97 Å². The summed E-state index contributed by atoms with van der Waals surface area (Å²) in [5.41, 5.74) is 4.19. The van der Waals surface area contributed by atoms with Crippen molar-refractivity contribution in [3.8, 4) is 11.5 Å². The fourth-order valence-electron chi connectivity index (χ4n) is 5.26. The van der Waals surface area contributed by atoms with Crippen LogP contribution in [0, 0.1) is 5.41 Å². The van der Waals surface area contributed by atoms with E-state index in [1.54, 1.807) is 35.7 Å². The summed E-state index contributed by atoms with van der Waals surface area (Å²) in [6.45, 7) is 3.11. The molecule has 11 nitrogen and oxygen atoms in total. The van der Waals surface area contributed by atoms with E-state index in [1.807, 2.05) is 67.6 Å². The molecule has 4 aromatic rings. The third-order valence-electron chi connectivity index (χ3n) is 7.68. The fraction of sp³-hybridized carbons (Fsp3) is 0.229. The quantitative estimate of drug-likeness (QED) is 0.108. The molecule has 5 rings (SSSR count). The van der Waals surface area contributed by atoms with Crippen LogP contribution < -0.4 is 20.9 Å². The Morgan fingerprint density at radius 3 is 2.28 bits per heavy atom. The van der Waals surface area contributed by atoms with E-state index in [0.717, 1.165) is 10.4 Å². The number of likely N-dealkylation sites (tertiary alicyclic amines) is 1. The number of nitrogens with one attached hydrogen (secondary N) is 4. The largest absolute Gasteiger partial charge is 0.457 e. The van der Waals surface area contributed by atoms with E-state index < -0.39 is 24.0 Å². The highest BCUT2D eigenvalue weighted by atomic mass is 32.1. The number of amides is 3. The molecule has 4 N–H and O–H groups in total. The summed E-state index contributed by atoms with van der Waals surface area (Å²) in [6.07, 6.45) is 0.428. The van der Waals surface area contributed by atoms with E-state index in [-0.39, 0.29) is 30.1 Å². The molecule has 12 heteroatoms. The van der Waals surface area contributed by atoms with Crippen LogP contribution in [-0.2, 0) is 19.2 Å². The van der Waals surface area contributed by atoms with Crippen LogP contribution >= 0.6 is 11.3 Å². The molecule has 0 bridgehead atoms. The highest BCUT2D eigenvalue weighted by Gasteiger charge is 2.40. The van der Waals surface area contributed by atoms with Crippen molar-refractivity contribution in [2.75, 3.05) is 13.1 Å². The average molecular weight is 654 g/mol. The normalized spacial score (nSPS) is 16.1. The molecule has 3 amide bonds. The Hall–Kier alpha value is -5.49. The lowest BCUT2D eigenvalue weighted by molar-refractivity contribution is -0.145. The first-order valence-electron chi connectivity index (χ1n) is 15.0. The van der Waals surface area contributed by atoms with Crippen LogP contribution in [0.15, 0.2) is 96.4 Å². The maximum Gasteiger partial charge on any atom is 0.329 e. The van der Waals surface area contributed by atoms with Gasteiger partial charge in [0, 0.05) is 40.8 Å². The van der Waals surface area contributed by atoms with Gasteiger partial charge in [0.15, 0.2) is 5.84 Å². The molecule has 0 spiro atoms. The number of carbonyl (C=O) groups is 4. The average Bonchev–Trinajstić information content (AvgIpc) is 3.76. The lowest BCUT2D eigenvalue weighted by Gasteiger charge is -2.25. The van der Waals surface area contributed by atoms with Gasteiger partial charge in [0.05, 0.1) is 12.6 Å². The summed E-state index contributed by atoms with van der Waals surface area (Å²) in [6, 6.07) is 26.2. The van der Waals surface area contributed by atoms with Gasteiger partial charge in [-0.3, -0.25) is 24.6 Å². The van der Waals surface area contributed by atoms with Crippen molar-refractivity contribution in [1.29, 1.82) is 5.41 Å². The van der Waals surface area contributed by atoms with Crippen LogP contribution in [0.5, 0.6) is 11.5 Å². The molecule has 0 saturated carbocycles. The van der Waals surface area contributed by atoms with Crippen molar-refractivity contribution in [3.05, 3.63) is 118 Å². The van der Waals surface area contributed by atoms with Crippen molar-refractivity contribution in [1.82, 2.24) is 21.0 Å². The molecule has 1 aromatic heterocycles. The van der Waals surface area contributed by atoms with Gasteiger partial charge in [0.1, 0.15) is 17.5 Å². The molecule has 1 saturated heterocycles. The first-order valence-corrected chi connectivity index (χ1v) is 15.9. The Balaban J connectivity index is 1.22. The van der Waals surface area contributed by atoms with Crippen molar-refractivity contribution in [2.24, 2.45) is 0 Å². The summed E-state index contributed by atoms with van der Waals surface area (Å²) in [5.74, 6) is -0.551. The molecule has 1 fully saturated rings. The SMILES string of the molecule is CC(=O)ONC(=N)c1csc(C(C)NC(=O)[C@@H]2C[C@@H](c3ccccc3)CN2C(=O)CNC(=O)c2ccc(Oc3ccccc3)cc2)c1. The molecule has 0 aliphatic carbocycles. The Morgan fingerprint density at radius 2 is 1.60 bits per heavy atom. The lowest BCUT2D eigenvalue weighted by Crippen LogP contribution is -2.49. The molecule has 1 aliphatic heterocycles. The van der Waals surface area contributed by atoms with Gasteiger partial charge in [-0.05, 0) is 61.4 Å². The number of ether oxygens (including phenoxy) is 1. The zero-order valence-corrected chi connectivity index (χ0v) is 26.7. The summed E-state index contributed by atoms with van der Waals surface area (Å²) < 4.78 is 5.79. The number of hydrogen-bond donors (Lipinski definition) is 4. The van der Waals surface area contributed by atoms with E-state index in [2.05, 4.69) is 21.0 Å². The van der Waals surface area contributed by atoms with Gasteiger partial charge < -0.3 is 25.1 Å². The second kappa shape index (κ2) is 15.2. The van der Waals surface area contributed by atoms with Crippen molar-refractivity contribution >= 4 is 40.9 Å². The molecule has 1 unspecified atom stereocenters. The Labute approximate surface area is 276 Å². The number of hydrogen-bond acceptors (Lipinski definition) is 8. The predicted octanol–water partition coefficient (Wildman–Crippen LogP) is 4.93. The zero-order valence-electron chi connectivity index (χ0n) is 25.9. The Morgan fingerprint density at radius 1 is 0.936 bits per heavy atom. The summed E-state index contributed by atoms with van der Waals surface area (Å²) >= 11 is 1.35. The maximum atomic E-state index is 13.6. The zero-order chi connectivity index (χ0) is 33.3. The number of hydroxylamine groups is 1. The van der Waals surface area contributed by atoms with E-state index in [0.29, 0.717) is 35.6 Å². The number of benzene rings is 3. The Bertz CT molecular complexity index is 1730. The smallest absolute Gasteiger partial charge is 0.329 e. The molecule has 0 radical (unpaired) electrons. The summed E-state index contributed by atoms with van der Waals surface area (Å²) in [5, 5.41) is 15.5. The van der Waals surface area contributed by atoms with Gasteiger partial charge in [0.2, 0.25) is 11.8 Å². The predicted molar refractivity (Wildman–Crippen MR) is 177 cm³/mol. The number of nitrogens with zero attached hydrogens (tertiary/aromatic N) is 1. The highest BCUT2D eigenvalue weighted by Crippen LogP contribution is 2.33. The van der Waals surface area contributed by atoms with Crippen molar-refractivity contribution < 1.29 is 28.8 Å². The van der Waals surface area contributed by atoms with Crippen LogP contribution in [0.4, 0.5) is 0 Å². The third kappa shape index (κ3) is 8.61. The number of carbonyl (C=O) groups excluding carboxylic acids is 4. The minimum atomic E-state index is -0.746. The fourth-order valence-corrected chi connectivity index (χ4v) is 6.17. The molecular weight excluding hydrogens is 618 g/mol. The second-order valence-electron chi connectivity index (χ2n) is 11.1. The standard InChI is InChI=1S/C35H35N5O6S/c1-22(31-18-27(21-47-31)33(36)39-46-23(2)41)38-35(44)30-17-26(24-9-5-3-6-10-24)20-40(30)32(42)19-37-34(43)25-13-15-29(16-14-25)45-28-11-7-4-8-12-28/h3-16,18,21-22,26,30H,17,19-20H2,1-2H3,(H2,36,39)(H,37,43)(H,38,44)/t22?,26-,30+/m1/s1. The monoisotopic (exact) mass is 653 g/mol. The molecular formula is C35H35N5O6S. The lowest BCUT2D eigenvalue weighted by atomic mass is 9.96. The maximum absolute atomic E-state index is 13.6. The van der Waals surface area contributed by atoms with Crippen LogP contribution in [0.3, 0.4) is 0 Å². The first kappa shape index (κ1) is 32.9. The minimum absolute atomic E-state index is 0.0553. The number of thiophene rings is 1. The van der Waals surface area contributed by atoms with Gasteiger partial charge in [-0.1, -0.05) is 48.5 Å². The minimum Gasteiger partial charge on any atom is -0.457 e. The van der Waals surface area contributed by atoms with Gasteiger partial charge in [-0.15, -0.1) is 11.3 Å². The third-order valence-corrected chi connectivity index (χ3v) is 8.80. The molecule has 2 heterocycles. The van der Waals surface area contributed by atoms with Gasteiger partial charge in [-0.25, -0.2) is 5.48 Å². The molecule has 3 atom stereocenters. The van der Waals surface area contributed by atoms with Gasteiger partial charge in [0.25, 0.3) is 5.91 Å². The van der Waals surface area contributed by atoms with Crippen molar-refractivity contribution in [3.63, 3.8) is 0 Å². The van der Waals surface area contributed by atoms with Crippen LogP contribution in [0.25, 0.3) is 0 Å². The first-order chi connectivity index (χ1) is 22.7. The van der Waals surface area contributed by atoms with E-state index >= 15 is 0 Å². The van der Waals surface area contributed by atoms with E-state index in [1.165, 1.54) is 23.2 Å². The second-order valence-corrected chi connectivity index (χ2v) is 12.0. The molecule has 3 aromatic carbocycles. The topological polar surface area (TPSA) is 150 Å². The summed E-state index contributed by atoms with van der Waals surface area (Å²) in [7, 11) is 0. The number of amidine groups is 1. The van der Waals surface area contributed by atoms with E-state index in [4.69, 9.17) is 10.1 Å². The van der Waals surface area contributed by atoms with Gasteiger partial charge in [-0.2, -0.15) is 0 Å². The highest BCUT2D eigenvalue weighted by molar-refractivity contribution is 7.10. The van der Waals surface area contributed by atoms with E-state index in [9.17, 15) is 19.2 Å². The molecule has 242 valence electrons. The van der Waals surface area contributed by atoms with Crippen LogP contribution in [-0.4, -0.2) is 53.6 Å². The number of rotatable bonds is 10. The summed E-state index contributed by atoms with van der Waals surface area (Å²) in [4.78, 5) is 58.1. The molecule has 1 aliphatic rings. The molecule has 47 heavy (non-hydrogen) atoms.